The number of carbonyl (C=O) groups is 1. The lowest BCUT2D eigenvalue weighted by Crippen LogP contribution is -2.47. The zero-order chi connectivity index (χ0) is 13.8. The van der Waals surface area contributed by atoms with Gasteiger partial charge in [-0.25, -0.2) is 0 Å². The standard InChI is InChI=1S/C17H30N2O.ClH/c20-16(6-5-15-3-1-2-4-15)19-13-9-17(10-14-19)7-11-18-12-8-17;/h15,18H,1-14H2;1H. The van der Waals surface area contributed by atoms with Gasteiger partial charge in [-0.15, -0.1) is 12.4 Å². The second-order valence-corrected chi connectivity index (χ2v) is 7.32. The highest BCUT2D eigenvalue weighted by Gasteiger charge is 2.36. The van der Waals surface area contributed by atoms with Crippen molar-refractivity contribution in [3.05, 3.63) is 0 Å². The number of amides is 1. The smallest absolute Gasteiger partial charge is 0.222 e. The van der Waals surface area contributed by atoms with Crippen molar-refractivity contribution in [2.24, 2.45) is 11.3 Å². The van der Waals surface area contributed by atoms with E-state index < -0.39 is 0 Å². The summed E-state index contributed by atoms with van der Waals surface area (Å²) in [5.41, 5.74) is 0.563. The van der Waals surface area contributed by atoms with Gasteiger partial charge in [0, 0.05) is 19.5 Å². The summed E-state index contributed by atoms with van der Waals surface area (Å²) in [4.78, 5) is 14.5. The van der Waals surface area contributed by atoms with E-state index in [0.29, 0.717) is 11.3 Å². The maximum absolute atomic E-state index is 12.3. The first kappa shape index (κ1) is 17.1. The van der Waals surface area contributed by atoms with Gasteiger partial charge in [0.05, 0.1) is 0 Å². The maximum atomic E-state index is 12.3. The Morgan fingerprint density at radius 3 is 2.29 bits per heavy atom. The predicted octanol–water partition coefficient (Wildman–Crippen LogP) is 3.37. The summed E-state index contributed by atoms with van der Waals surface area (Å²) in [6, 6.07) is 0. The van der Waals surface area contributed by atoms with E-state index in [1.807, 2.05) is 0 Å². The van der Waals surface area contributed by atoms with Gasteiger partial charge in [-0.2, -0.15) is 0 Å². The third kappa shape index (κ3) is 4.35. The lowest BCUT2D eigenvalue weighted by Gasteiger charge is -2.44. The quantitative estimate of drug-likeness (QED) is 0.866. The van der Waals surface area contributed by atoms with E-state index in [2.05, 4.69) is 10.2 Å². The first-order chi connectivity index (χ1) is 9.77. The molecule has 3 fully saturated rings. The second kappa shape index (κ2) is 7.82. The molecule has 3 nitrogen and oxygen atoms in total. The minimum atomic E-state index is 0. The Bertz CT molecular complexity index is 326. The summed E-state index contributed by atoms with van der Waals surface area (Å²) in [5.74, 6) is 1.28. The summed E-state index contributed by atoms with van der Waals surface area (Å²) in [7, 11) is 0. The molecule has 2 saturated heterocycles. The Balaban J connectivity index is 0.00000161. The molecule has 2 heterocycles. The molecule has 0 radical (unpaired) electrons. The van der Waals surface area contributed by atoms with E-state index in [1.54, 1.807) is 0 Å². The van der Waals surface area contributed by atoms with Crippen LogP contribution in [0.4, 0.5) is 0 Å². The van der Waals surface area contributed by atoms with Crippen molar-refractivity contribution in [1.29, 1.82) is 0 Å². The fraction of sp³-hybridized carbons (Fsp3) is 0.941. The predicted molar refractivity (Wildman–Crippen MR) is 88.8 cm³/mol. The van der Waals surface area contributed by atoms with Crippen molar-refractivity contribution in [3.8, 4) is 0 Å². The third-order valence-corrected chi connectivity index (χ3v) is 6.08. The van der Waals surface area contributed by atoms with E-state index in [-0.39, 0.29) is 12.4 Å². The zero-order valence-electron chi connectivity index (χ0n) is 13.2. The highest BCUT2D eigenvalue weighted by Crippen LogP contribution is 2.39. The summed E-state index contributed by atoms with van der Waals surface area (Å²) in [6.45, 7) is 4.39. The molecular formula is C17H31ClN2O. The number of carbonyl (C=O) groups excluding carboxylic acids is 1. The summed E-state index contributed by atoms with van der Waals surface area (Å²) < 4.78 is 0. The monoisotopic (exact) mass is 314 g/mol. The first-order valence-corrected chi connectivity index (χ1v) is 8.76. The molecule has 1 spiro atoms. The van der Waals surface area contributed by atoms with Gasteiger partial charge in [-0.3, -0.25) is 4.79 Å². The number of hydrogen-bond donors (Lipinski definition) is 1. The third-order valence-electron chi connectivity index (χ3n) is 6.08. The van der Waals surface area contributed by atoms with Gasteiger partial charge in [0.1, 0.15) is 0 Å². The van der Waals surface area contributed by atoms with Crippen molar-refractivity contribution in [3.63, 3.8) is 0 Å². The molecule has 2 aliphatic heterocycles. The van der Waals surface area contributed by atoms with Crippen LogP contribution in [0.15, 0.2) is 0 Å². The average Bonchev–Trinajstić information content (AvgIpc) is 3.00. The number of piperidine rings is 2. The van der Waals surface area contributed by atoms with Gasteiger partial charge in [-0.05, 0) is 56.5 Å². The summed E-state index contributed by atoms with van der Waals surface area (Å²) >= 11 is 0. The summed E-state index contributed by atoms with van der Waals surface area (Å²) in [5, 5.41) is 3.46. The van der Waals surface area contributed by atoms with Crippen LogP contribution in [-0.4, -0.2) is 37.0 Å². The molecule has 0 aromatic heterocycles. The van der Waals surface area contributed by atoms with Gasteiger partial charge >= 0.3 is 0 Å². The highest BCUT2D eigenvalue weighted by atomic mass is 35.5. The normalized spacial score (nSPS) is 25.8. The Labute approximate surface area is 135 Å². The molecule has 0 aromatic rings. The molecule has 0 bridgehead atoms. The average molecular weight is 315 g/mol. The van der Waals surface area contributed by atoms with Crippen LogP contribution < -0.4 is 5.32 Å². The molecule has 0 aromatic carbocycles. The molecule has 1 N–H and O–H groups in total. The Hall–Kier alpha value is -0.280. The number of halogens is 1. The molecule has 0 unspecified atom stereocenters. The Kier molecular flexibility index (Phi) is 6.36. The van der Waals surface area contributed by atoms with E-state index in [1.165, 1.54) is 64.5 Å². The van der Waals surface area contributed by atoms with E-state index in [4.69, 9.17) is 0 Å². The summed E-state index contributed by atoms with van der Waals surface area (Å²) in [6.07, 6.45) is 12.6. The molecule has 1 saturated carbocycles. The Morgan fingerprint density at radius 1 is 1.05 bits per heavy atom. The second-order valence-electron chi connectivity index (χ2n) is 7.32. The molecule has 3 aliphatic rings. The minimum Gasteiger partial charge on any atom is -0.343 e. The lowest BCUT2D eigenvalue weighted by atomic mass is 9.71. The van der Waals surface area contributed by atoms with Crippen LogP contribution in [0.2, 0.25) is 0 Å². The molecule has 21 heavy (non-hydrogen) atoms. The van der Waals surface area contributed by atoms with Crippen LogP contribution in [0.25, 0.3) is 0 Å². The van der Waals surface area contributed by atoms with Crippen molar-refractivity contribution < 1.29 is 4.79 Å². The van der Waals surface area contributed by atoms with E-state index in [9.17, 15) is 4.79 Å². The minimum absolute atomic E-state index is 0. The van der Waals surface area contributed by atoms with E-state index >= 15 is 0 Å². The molecule has 1 amide bonds. The lowest BCUT2D eigenvalue weighted by molar-refractivity contribution is -0.134. The van der Waals surface area contributed by atoms with Gasteiger partial charge in [0.2, 0.25) is 5.91 Å². The highest BCUT2D eigenvalue weighted by molar-refractivity contribution is 5.85. The van der Waals surface area contributed by atoms with Crippen LogP contribution in [0.1, 0.15) is 64.2 Å². The number of nitrogens with zero attached hydrogens (tertiary/aromatic N) is 1. The fourth-order valence-electron chi connectivity index (χ4n) is 4.47. The van der Waals surface area contributed by atoms with Crippen LogP contribution in [0, 0.1) is 11.3 Å². The molecule has 3 rings (SSSR count). The van der Waals surface area contributed by atoms with Crippen LogP contribution >= 0.6 is 12.4 Å². The van der Waals surface area contributed by atoms with Crippen molar-refractivity contribution in [2.75, 3.05) is 26.2 Å². The van der Waals surface area contributed by atoms with E-state index in [0.717, 1.165) is 31.8 Å². The van der Waals surface area contributed by atoms with Crippen LogP contribution in [-0.2, 0) is 4.79 Å². The topological polar surface area (TPSA) is 32.3 Å². The zero-order valence-corrected chi connectivity index (χ0v) is 14.1. The van der Waals surface area contributed by atoms with Gasteiger partial charge in [0.25, 0.3) is 0 Å². The van der Waals surface area contributed by atoms with Gasteiger partial charge in [-0.1, -0.05) is 25.7 Å². The molecule has 4 heteroatoms. The van der Waals surface area contributed by atoms with Crippen molar-refractivity contribution in [1.82, 2.24) is 10.2 Å². The molecular weight excluding hydrogens is 284 g/mol. The molecule has 1 aliphatic carbocycles. The Morgan fingerprint density at radius 2 is 1.67 bits per heavy atom. The van der Waals surface area contributed by atoms with Crippen LogP contribution in [0.5, 0.6) is 0 Å². The van der Waals surface area contributed by atoms with Crippen molar-refractivity contribution >= 4 is 18.3 Å². The SMILES string of the molecule is Cl.O=C(CCC1CCCC1)N1CCC2(CCNCC2)CC1. The number of nitrogens with one attached hydrogen (secondary N) is 1. The molecule has 0 atom stereocenters. The maximum Gasteiger partial charge on any atom is 0.222 e. The van der Waals surface area contributed by atoms with Gasteiger partial charge < -0.3 is 10.2 Å². The first-order valence-electron chi connectivity index (χ1n) is 8.76. The number of hydrogen-bond acceptors (Lipinski definition) is 2. The fourth-order valence-corrected chi connectivity index (χ4v) is 4.47. The molecule has 122 valence electrons. The number of likely N-dealkylation sites (tertiary alicyclic amines) is 1. The van der Waals surface area contributed by atoms with Crippen molar-refractivity contribution in [2.45, 2.75) is 64.2 Å². The van der Waals surface area contributed by atoms with Crippen LogP contribution in [0.3, 0.4) is 0 Å². The van der Waals surface area contributed by atoms with Gasteiger partial charge in [0.15, 0.2) is 0 Å². The largest absolute Gasteiger partial charge is 0.343 e. The number of rotatable bonds is 3.